The van der Waals surface area contributed by atoms with Crippen molar-refractivity contribution in [1.82, 2.24) is 4.98 Å². The average Bonchev–Trinajstić information content (AvgIpc) is 2.19. The van der Waals surface area contributed by atoms with Crippen LogP contribution >= 0.6 is 11.8 Å². The van der Waals surface area contributed by atoms with Crippen LogP contribution < -0.4 is 0 Å². The molecule has 1 rings (SSSR count). The fourth-order valence-electron chi connectivity index (χ4n) is 0.514. The molecule has 0 aromatic carbocycles. The molecule has 0 fully saturated rings. The highest BCUT2D eigenvalue weighted by molar-refractivity contribution is 8.01. The third kappa shape index (κ3) is 1.30. The molecular weight excluding hydrogens is 118 g/mol. The van der Waals surface area contributed by atoms with Crippen LogP contribution in [0.25, 0.3) is 0 Å². The van der Waals surface area contributed by atoms with Gasteiger partial charge in [0.25, 0.3) is 0 Å². The summed E-state index contributed by atoms with van der Waals surface area (Å²) in [7, 11) is 0. The molecule has 1 N–H and O–H groups in total. The molecule has 0 aliphatic carbocycles. The van der Waals surface area contributed by atoms with E-state index in [1.807, 2.05) is 31.0 Å². The van der Waals surface area contributed by atoms with E-state index in [2.05, 4.69) is 4.98 Å². The van der Waals surface area contributed by atoms with E-state index in [0.29, 0.717) is 0 Å². The Morgan fingerprint density at radius 2 is 2.62 bits per heavy atom. The lowest BCUT2D eigenvalue weighted by molar-refractivity contribution is 1.21. The maximum Gasteiger partial charge on any atom is 0.0724 e. The molecule has 0 saturated carbocycles. The van der Waals surface area contributed by atoms with E-state index in [-0.39, 0.29) is 0 Å². The van der Waals surface area contributed by atoms with Gasteiger partial charge in [-0.3, -0.25) is 0 Å². The number of hydrogen-bond acceptors (Lipinski definition) is 1. The minimum absolute atomic E-state index is 1.20. The summed E-state index contributed by atoms with van der Waals surface area (Å²) in [6.45, 7) is 2.02. The zero-order chi connectivity index (χ0) is 5.82. The highest BCUT2D eigenvalue weighted by atomic mass is 32.2. The monoisotopic (exact) mass is 126 g/mol. The van der Waals surface area contributed by atoms with Crippen molar-refractivity contribution in [2.24, 2.45) is 0 Å². The van der Waals surface area contributed by atoms with E-state index in [4.69, 9.17) is 0 Å². The van der Waals surface area contributed by atoms with Crippen LogP contribution in [-0.2, 0) is 0 Å². The standard InChI is InChI=1S/C6H8NS/c1-2-8-6-4-3-5-7-6/h2-5,7H,1H3. The highest BCUT2D eigenvalue weighted by Crippen LogP contribution is 2.16. The molecular formula is C6H8NS. The number of aromatic nitrogens is 1. The fourth-order valence-corrected chi connectivity index (χ4v) is 1.06. The Bertz CT molecular complexity index is 134. The Kier molecular flexibility index (Phi) is 2.03. The zero-order valence-corrected chi connectivity index (χ0v) is 5.53. The smallest absolute Gasteiger partial charge is 0.0724 e. The van der Waals surface area contributed by atoms with Crippen molar-refractivity contribution in [3.05, 3.63) is 24.1 Å². The SMILES string of the molecule is C[CH]Sc1ccc[nH]1. The van der Waals surface area contributed by atoms with Crippen molar-refractivity contribution in [2.45, 2.75) is 11.9 Å². The maximum atomic E-state index is 3.07. The first-order valence-electron chi connectivity index (χ1n) is 2.51. The molecule has 1 aromatic rings. The number of aromatic amines is 1. The van der Waals surface area contributed by atoms with Gasteiger partial charge in [0.05, 0.1) is 5.03 Å². The molecule has 0 aliphatic rings. The molecule has 0 amide bonds. The van der Waals surface area contributed by atoms with E-state index < -0.39 is 0 Å². The van der Waals surface area contributed by atoms with Crippen molar-refractivity contribution in [3.63, 3.8) is 0 Å². The van der Waals surface area contributed by atoms with Gasteiger partial charge in [0.2, 0.25) is 0 Å². The van der Waals surface area contributed by atoms with E-state index in [9.17, 15) is 0 Å². The summed E-state index contributed by atoms with van der Waals surface area (Å²) in [4.78, 5) is 3.07. The molecule has 0 saturated heterocycles. The average molecular weight is 126 g/mol. The van der Waals surface area contributed by atoms with Gasteiger partial charge in [0.1, 0.15) is 0 Å². The topological polar surface area (TPSA) is 15.8 Å². The zero-order valence-electron chi connectivity index (χ0n) is 4.72. The van der Waals surface area contributed by atoms with Crippen LogP contribution in [0.3, 0.4) is 0 Å². The summed E-state index contributed by atoms with van der Waals surface area (Å²) < 4.78 is 0. The lowest BCUT2D eigenvalue weighted by Crippen LogP contribution is -1.62. The minimum Gasteiger partial charge on any atom is -0.356 e. The van der Waals surface area contributed by atoms with Gasteiger partial charge in [-0.2, -0.15) is 0 Å². The summed E-state index contributed by atoms with van der Waals surface area (Å²) in [5, 5.41) is 1.20. The molecule has 1 heterocycles. The summed E-state index contributed by atoms with van der Waals surface area (Å²) in [5.41, 5.74) is 0. The Balaban J connectivity index is 2.50. The maximum absolute atomic E-state index is 3.07. The molecule has 0 atom stereocenters. The lowest BCUT2D eigenvalue weighted by Gasteiger charge is -1.87. The summed E-state index contributed by atoms with van der Waals surface area (Å²) in [6, 6.07) is 4.04. The Morgan fingerprint density at radius 1 is 1.75 bits per heavy atom. The van der Waals surface area contributed by atoms with E-state index in [1.165, 1.54) is 5.03 Å². The number of rotatable bonds is 2. The van der Waals surface area contributed by atoms with Gasteiger partial charge in [-0.15, -0.1) is 11.8 Å². The number of hydrogen-bond donors (Lipinski definition) is 1. The third-order valence-corrected chi connectivity index (χ3v) is 1.56. The quantitative estimate of drug-likeness (QED) is 0.601. The fraction of sp³-hybridized carbons (Fsp3) is 0.167. The predicted octanol–water partition coefficient (Wildman–Crippen LogP) is 2.29. The second-order valence-corrected chi connectivity index (χ2v) is 2.53. The molecule has 8 heavy (non-hydrogen) atoms. The molecule has 0 unspecified atom stereocenters. The number of thioether (sulfide) groups is 1. The summed E-state index contributed by atoms with van der Waals surface area (Å²) >= 11 is 1.70. The normalized spacial score (nSPS) is 9.62. The summed E-state index contributed by atoms with van der Waals surface area (Å²) in [5.74, 6) is 2.05. The van der Waals surface area contributed by atoms with E-state index >= 15 is 0 Å². The van der Waals surface area contributed by atoms with Crippen LogP contribution in [-0.4, -0.2) is 4.98 Å². The number of H-pyrrole nitrogens is 1. The predicted molar refractivity (Wildman–Crippen MR) is 36.6 cm³/mol. The van der Waals surface area contributed by atoms with Crippen LogP contribution in [0.5, 0.6) is 0 Å². The van der Waals surface area contributed by atoms with Crippen LogP contribution in [0.1, 0.15) is 6.92 Å². The van der Waals surface area contributed by atoms with Gasteiger partial charge in [-0.25, -0.2) is 0 Å². The van der Waals surface area contributed by atoms with Crippen LogP contribution in [0.2, 0.25) is 0 Å². The molecule has 43 valence electrons. The number of nitrogens with one attached hydrogen (secondary N) is 1. The second-order valence-electron chi connectivity index (χ2n) is 1.39. The van der Waals surface area contributed by atoms with Crippen molar-refractivity contribution < 1.29 is 0 Å². The molecule has 0 aliphatic heterocycles. The molecule has 0 spiro atoms. The van der Waals surface area contributed by atoms with Gasteiger partial charge in [-0.1, -0.05) is 6.92 Å². The van der Waals surface area contributed by atoms with E-state index in [1.54, 1.807) is 11.8 Å². The van der Waals surface area contributed by atoms with Gasteiger partial charge >= 0.3 is 0 Å². The summed E-state index contributed by atoms with van der Waals surface area (Å²) in [6.07, 6.45) is 1.92. The highest BCUT2D eigenvalue weighted by Gasteiger charge is 1.86. The largest absolute Gasteiger partial charge is 0.356 e. The Hall–Kier alpha value is -0.370. The second kappa shape index (κ2) is 2.82. The van der Waals surface area contributed by atoms with Crippen molar-refractivity contribution >= 4 is 11.8 Å². The molecule has 1 radical (unpaired) electrons. The molecule has 0 bridgehead atoms. The Labute approximate surface area is 53.5 Å². The van der Waals surface area contributed by atoms with Crippen molar-refractivity contribution in [2.75, 3.05) is 0 Å². The first kappa shape index (κ1) is 5.76. The van der Waals surface area contributed by atoms with Gasteiger partial charge < -0.3 is 4.98 Å². The van der Waals surface area contributed by atoms with Gasteiger partial charge in [0.15, 0.2) is 0 Å². The van der Waals surface area contributed by atoms with Crippen LogP contribution in [0.15, 0.2) is 23.4 Å². The van der Waals surface area contributed by atoms with Gasteiger partial charge in [0, 0.05) is 11.9 Å². The Morgan fingerprint density at radius 3 is 3.12 bits per heavy atom. The first-order chi connectivity index (χ1) is 3.93. The third-order valence-electron chi connectivity index (χ3n) is 0.814. The lowest BCUT2D eigenvalue weighted by atomic mass is 10.7. The van der Waals surface area contributed by atoms with Crippen LogP contribution in [0, 0.1) is 5.75 Å². The van der Waals surface area contributed by atoms with Crippen molar-refractivity contribution in [3.8, 4) is 0 Å². The molecule has 1 aromatic heterocycles. The molecule has 1 nitrogen and oxygen atoms in total. The first-order valence-corrected chi connectivity index (χ1v) is 3.39. The van der Waals surface area contributed by atoms with Crippen molar-refractivity contribution in [1.29, 1.82) is 0 Å². The van der Waals surface area contributed by atoms with Crippen LogP contribution in [0.4, 0.5) is 0 Å². The van der Waals surface area contributed by atoms with E-state index in [0.717, 1.165) is 0 Å². The van der Waals surface area contributed by atoms with Gasteiger partial charge in [-0.05, 0) is 12.1 Å². The molecule has 2 heteroatoms. The minimum atomic E-state index is 1.20.